The monoisotopic (exact) mass is 219 g/mol. The van der Waals surface area contributed by atoms with Crippen molar-refractivity contribution < 1.29 is 9.53 Å². The van der Waals surface area contributed by atoms with Crippen molar-refractivity contribution in [3.05, 3.63) is 29.8 Å². The first-order chi connectivity index (χ1) is 7.65. The second kappa shape index (κ2) is 3.84. The Kier molecular flexibility index (Phi) is 2.52. The van der Waals surface area contributed by atoms with Crippen molar-refractivity contribution in [1.82, 2.24) is 4.90 Å². The lowest BCUT2D eigenvalue weighted by Gasteiger charge is -2.21. The molecule has 5 heteroatoms. The number of amidine groups is 1. The molecule has 0 aromatic heterocycles. The van der Waals surface area contributed by atoms with E-state index in [2.05, 4.69) is 4.99 Å². The van der Waals surface area contributed by atoms with Gasteiger partial charge in [-0.05, 0) is 6.07 Å². The average Bonchev–Trinajstić information content (AvgIpc) is 2.53. The molecule has 16 heavy (non-hydrogen) atoms. The van der Waals surface area contributed by atoms with Crippen molar-refractivity contribution in [2.75, 3.05) is 14.2 Å². The largest absolute Gasteiger partial charge is 0.496 e. The molecule has 0 radical (unpaired) electrons. The number of ether oxygens (including phenoxy) is 1. The van der Waals surface area contributed by atoms with Gasteiger partial charge < -0.3 is 15.4 Å². The number of methoxy groups -OCH3 is 1. The number of urea groups is 1. The predicted molar refractivity (Wildman–Crippen MR) is 60.5 cm³/mol. The van der Waals surface area contributed by atoms with E-state index in [4.69, 9.17) is 10.5 Å². The molecule has 0 fully saturated rings. The first kappa shape index (κ1) is 10.5. The Balaban J connectivity index is 2.45. The van der Waals surface area contributed by atoms with Crippen LogP contribution in [0.25, 0.3) is 0 Å². The summed E-state index contributed by atoms with van der Waals surface area (Å²) in [6.45, 7) is 0. The number of hydrogen-bond donors (Lipinski definition) is 1. The number of likely N-dealkylation sites (N-methyl/N-ethyl adjacent to an activating group) is 1. The lowest BCUT2D eigenvalue weighted by Crippen LogP contribution is -2.30. The molecule has 5 nitrogen and oxygen atoms in total. The normalized spacial score (nSPS) is 19.9. The third-order valence-electron chi connectivity index (χ3n) is 2.63. The molecule has 1 aliphatic rings. The van der Waals surface area contributed by atoms with Crippen molar-refractivity contribution in [2.24, 2.45) is 10.7 Å². The molecule has 0 saturated heterocycles. The smallest absolute Gasteiger partial charge is 0.345 e. The summed E-state index contributed by atoms with van der Waals surface area (Å²) in [5.41, 5.74) is 6.59. The Morgan fingerprint density at radius 1 is 1.44 bits per heavy atom. The second-order valence-electron chi connectivity index (χ2n) is 3.57. The van der Waals surface area contributed by atoms with Crippen molar-refractivity contribution >= 4 is 11.9 Å². The fraction of sp³-hybridized carbons (Fsp3) is 0.273. The van der Waals surface area contributed by atoms with Gasteiger partial charge in [0.2, 0.25) is 0 Å². The Hall–Kier alpha value is -2.04. The molecule has 0 bridgehead atoms. The summed E-state index contributed by atoms with van der Waals surface area (Å²) in [4.78, 5) is 16.6. The van der Waals surface area contributed by atoms with Gasteiger partial charge in [-0.25, -0.2) is 4.79 Å². The highest BCUT2D eigenvalue weighted by molar-refractivity contribution is 6.03. The quantitative estimate of drug-likeness (QED) is 0.811. The van der Waals surface area contributed by atoms with Crippen LogP contribution < -0.4 is 10.5 Å². The van der Waals surface area contributed by atoms with Crippen molar-refractivity contribution in [3.8, 4) is 5.75 Å². The Labute approximate surface area is 93.5 Å². The molecule has 0 saturated carbocycles. The number of nitrogens with two attached hydrogens (primary N) is 1. The maximum Gasteiger partial charge on any atom is 0.345 e. The zero-order chi connectivity index (χ0) is 11.7. The first-order valence-electron chi connectivity index (χ1n) is 4.89. The molecule has 2 rings (SSSR count). The fourth-order valence-corrected chi connectivity index (χ4v) is 1.82. The number of benzene rings is 1. The summed E-state index contributed by atoms with van der Waals surface area (Å²) in [5.74, 6) is 1.00. The molecule has 0 spiro atoms. The van der Waals surface area contributed by atoms with Crippen LogP contribution in [-0.4, -0.2) is 30.9 Å². The van der Waals surface area contributed by atoms with Crippen LogP contribution >= 0.6 is 0 Å². The Morgan fingerprint density at radius 2 is 2.12 bits per heavy atom. The number of carbonyl (C=O) groups excluding carboxylic acids is 1. The number of aliphatic imine (C=N–C) groups is 1. The molecule has 84 valence electrons. The van der Waals surface area contributed by atoms with Gasteiger partial charge in [-0.15, -0.1) is 0 Å². The zero-order valence-electron chi connectivity index (χ0n) is 9.18. The number of amides is 2. The van der Waals surface area contributed by atoms with E-state index in [0.29, 0.717) is 11.6 Å². The number of para-hydroxylation sites is 1. The fourth-order valence-electron chi connectivity index (χ4n) is 1.82. The Morgan fingerprint density at radius 3 is 2.69 bits per heavy atom. The average molecular weight is 219 g/mol. The van der Waals surface area contributed by atoms with Crippen molar-refractivity contribution in [3.63, 3.8) is 0 Å². The molecule has 1 aliphatic heterocycles. The van der Waals surface area contributed by atoms with Crippen LogP contribution in [0.1, 0.15) is 11.6 Å². The van der Waals surface area contributed by atoms with Crippen LogP contribution in [-0.2, 0) is 0 Å². The van der Waals surface area contributed by atoms with Crippen LogP contribution in [0.3, 0.4) is 0 Å². The summed E-state index contributed by atoms with van der Waals surface area (Å²) in [6, 6.07) is 6.80. The van der Waals surface area contributed by atoms with E-state index in [-0.39, 0.29) is 12.1 Å². The van der Waals surface area contributed by atoms with Crippen molar-refractivity contribution in [1.29, 1.82) is 0 Å². The van der Waals surface area contributed by atoms with Crippen LogP contribution in [0, 0.1) is 0 Å². The van der Waals surface area contributed by atoms with Crippen LogP contribution in [0.2, 0.25) is 0 Å². The van der Waals surface area contributed by atoms with Gasteiger partial charge in [0, 0.05) is 12.6 Å². The van der Waals surface area contributed by atoms with E-state index in [9.17, 15) is 4.79 Å². The minimum atomic E-state index is -0.330. The van der Waals surface area contributed by atoms with E-state index in [1.54, 1.807) is 14.2 Å². The highest BCUT2D eigenvalue weighted by atomic mass is 16.5. The van der Waals surface area contributed by atoms with E-state index >= 15 is 0 Å². The second-order valence-corrected chi connectivity index (χ2v) is 3.57. The van der Waals surface area contributed by atoms with Gasteiger partial charge in [-0.3, -0.25) is 0 Å². The van der Waals surface area contributed by atoms with Crippen molar-refractivity contribution in [2.45, 2.75) is 6.04 Å². The van der Waals surface area contributed by atoms with Gasteiger partial charge in [-0.2, -0.15) is 4.99 Å². The van der Waals surface area contributed by atoms with E-state index in [0.717, 1.165) is 5.56 Å². The minimum absolute atomic E-state index is 0.303. The molecular weight excluding hydrogens is 206 g/mol. The molecule has 1 aromatic carbocycles. The van der Waals surface area contributed by atoms with Gasteiger partial charge in [0.05, 0.1) is 7.11 Å². The molecule has 2 amide bonds. The molecule has 1 atom stereocenters. The topological polar surface area (TPSA) is 67.9 Å². The first-order valence-corrected chi connectivity index (χ1v) is 4.89. The van der Waals surface area contributed by atoms with E-state index < -0.39 is 0 Å². The maximum atomic E-state index is 11.4. The van der Waals surface area contributed by atoms with Crippen LogP contribution in [0.5, 0.6) is 5.75 Å². The molecule has 1 aromatic rings. The van der Waals surface area contributed by atoms with Gasteiger partial charge in [0.25, 0.3) is 0 Å². The lowest BCUT2D eigenvalue weighted by molar-refractivity contribution is 0.218. The summed E-state index contributed by atoms with van der Waals surface area (Å²) >= 11 is 0. The molecule has 1 heterocycles. The van der Waals surface area contributed by atoms with Gasteiger partial charge in [0.15, 0.2) is 0 Å². The summed E-state index contributed by atoms with van der Waals surface area (Å²) in [6.07, 6.45) is 0. The Bertz CT molecular complexity index is 456. The molecular formula is C11H13N3O2. The molecule has 1 unspecified atom stereocenters. The predicted octanol–water partition coefficient (Wildman–Crippen LogP) is 1.16. The maximum absolute atomic E-state index is 11.4. The SMILES string of the molecule is COc1ccccc1C1C(N)=NC(=O)N1C. The van der Waals surface area contributed by atoms with Gasteiger partial charge in [-0.1, -0.05) is 18.2 Å². The summed E-state index contributed by atoms with van der Waals surface area (Å²) in [5, 5.41) is 0. The number of nitrogens with zero attached hydrogens (tertiary/aromatic N) is 2. The highest BCUT2D eigenvalue weighted by Crippen LogP contribution is 2.31. The van der Waals surface area contributed by atoms with Gasteiger partial charge in [0.1, 0.15) is 17.6 Å². The zero-order valence-corrected chi connectivity index (χ0v) is 9.18. The van der Waals surface area contributed by atoms with E-state index in [1.165, 1.54) is 4.90 Å². The highest BCUT2D eigenvalue weighted by Gasteiger charge is 2.33. The van der Waals surface area contributed by atoms with E-state index in [1.807, 2.05) is 24.3 Å². The van der Waals surface area contributed by atoms with Crippen LogP contribution in [0.15, 0.2) is 29.3 Å². The third kappa shape index (κ3) is 1.50. The minimum Gasteiger partial charge on any atom is -0.496 e. The number of rotatable bonds is 2. The standard InChI is InChI=1S/C11H13N3O2/c1-14-9(10(12)13-11(14)15)7-5-3-4-6-8(7)16-2/h3-6,9H,1-2H3,(H2,12,13,15). The van der Waals surface area contributed by atoms with Gasteiger partial charge >= 0.3 is 6.03 Å². The summed E-state index contributed by atoms with van der Waals surface area (Å²) in [7, 11) is 3.26. The van der Waals surface area contributed by atoms with Crippen LogP contribution in [0.4, 0.5) is 4.79 Å². The summed E-state index contributed by atoms with van der Waals surface area (Å²) < 4.78 is 5.24. The third-order valence-corrected chi connectivity index (χ3v) is 2.63. The number of hydrogen-bond acceptors (Lipinski definition) is 3. The molecule has 0 aliphatic carbocycles. The lowest BCUT2D eigenvalue weighted by atomic mass is 10.0. The molecule has 2 N–H and O–H groups in total. The number of carbonyl (C=O) groups is 1.